The van der Waals surface area contributed by atoms with Crippen molar-refractivity contribution >= 4 is 0 Å². The van der Waals surface area contributed by atoms with E-state index >= 15 is 0 Å². The van der Waals surface area contributed by atoms with E-state index in [1.165, 1.54) is 0 Å². The van der Waals surface area contributed by atoms with Crippen LogP contribution in [-0.2, 0) is 6.61 Å². The minimum Gasteiger partial charge on any atom is -0.497 e. The van der Waals surface area contributed by atoms with E-state index in [0.717, 1.165) is 17.3 Å². The lowest BCUT2D eigenvalue weighted by Crippen LogP contribution is -1.93. The maximum atomic E-state index is 5.50. The molecule has 78 valence electrons. The maximum Gasteiger partial charge on any atom is 0.146 e. The average Bonchev–Trinajstić information content (AvgIpc) is 2.80. The van der Waals surface area contributed by atoms with Crippen LogP contribution in [0.4, 0.5) is 0 Å². The van der Waals surface area contributed by atoms with Crippen molar-refractivity contribution in [1.82, 2.24) is 0 Å². The van der Waals surface area contributed by atoms with Gasteiger partial charge in [0.25, 0.3) is 0 Å². The van der Waals surface area contributed by atoms with Gasteiger partial charge in [-0.2, -0.15) is 0 Å². The Hall–Kier alpha value is -1.90. The predicted molar refractivity (Wildman–Crippen MR) is 56.0 cm³/mol. The third kappa shape index (κ3) is 2.53. The summed E-state index contributed by atoms with van der Waals surface area (Å²) in [7, 11) is 1.64. The van der Waals surface area contributed by atoms with E-state index in [0.29, 0.717) is 6.61 Å². The molecular formula is C12H12O3. The Morgan fingerprint density at radius 2 is 1.80 bits per heavy atom. The molecule has 3 nitrogen and oxygen atoms in total. The Labute approximate surface area is 88.2 Å². The van der Waals surface area contributed by atoms with Crippen LogP contribution in [0.2, 0.25) is 0 Å². The number of ether oxygens (including phenoxy) is 2. The van der Waals surface area contributed by atoms with E-state index in [-0.39, 0.29) is 0 Å². The van der Waals surface area contributed by atoms with E-state index in [9.17, 15) is 0 Å². The van der Waals surface area contributed by atoms with Crippen LogP contribution in [0.1, 0.15) is 5.76 Å². The van der Waals surface area contributed by atoms with Gasteiger partial charge in [0.1, 0.15) is 23.9 Å². The van der Waals surface area contributed by atoms with Gasteiger partial charge in [-0.3, -0.25) is 0 Å². The van der Waals surface area contributed by atoms with Crippen LogP contribution in [0.3, 0.4) is 0 Å². The third-order valence-corrected chi connectivity index (χ3v) is 2.02. The summed E-state index contributed by atoms with van der Waals surface area (Å²) in [6, 6.07) is 11.2. The fourth-order valence-corrected chi connectivity index (χ4v) is 1.22. The molecule has 0 aliphatic heterocycles. The van der Waals surface area contributed by atoms with Crippen molar-refractivity contribution in [2.75, 3.05) is 7.11 Å². The molecule has 0 bridgehead atoms. The van der Waals surface area contributed by atoms with Gasteiger partial charge in [-0.1, -0.05) is 0 Å². The molecule has 0 radical (unpaired) electrons. The molecule has 0 aliphatic rings. The smallest absolute Gasteiger partial charge is 0.146 e. The third-order valence-electron chi connectivity index (χ3n) is 2.02. The van der Waals surface area contributed by atoms with Crippen molar-refractivity contribution in [2.45, 2.75) is 6.61 Å². The Morgan fingerprint density at radius 3 is 2.40 bits per heavy atom. The second-order valence-electron chi connectivity index (χ2n) is 3.04. The van der Waals surface area contributed by atoms with E-state index in [1.807, 2.05) is 36.4 Å². The number of methoxy groups -OCH3 is 1. The molecule has 0 aliphatic carbocycles. The van der Waals surface area contributed by atoms with Gasteiger partial charge < -0.3 is 13.9 Å². The highest BCUT2D eigenvalue weighted by atomic mass is 16.5. The van der Waals surface area contributed by atoms with E-state index < -0.39 is 0 Å². The fourth-order valence-electron chi connectivity index (χ4n) is 1.22. The standard InChI is InChI=1S/C12H12O3/c1-13-10-4-6-11(7-5-10)15-9-12-3-2-8-14-12/h2-8H,9H2,1H3. The molecule has 1 heterocycles. The monoisotopic (exact) mass is 204 g/mol. The van der Waals surface area contributed by atoms with Crippen LogP contribution in [0.15, 0.2) is 47.1 Å². The van der Waals surface area contributed by atoms with Crippen LogP contribution >= 0.6 is 0 Å². The van der Waals surface area contributed by atoms with Gasteiger partial charge in [-0.05, 0) is 36.4 Å². The number of hydrogen-bond acceptors (Lipinski definition) is 3. The van der Waals surface area contributed by atoms with Gasteiger partial charge in [0.15, 0.2) is 0 Å². The summed E-state index contributed by atoms with van der Waals surface area (Å²) in [6.45, 7) is 0.444. The number of furan rings is 1. The zero-order valence-corrected chi connectivity index (χ0v) is 8.47. The van der Waals surface area contributed by atoms with Crippen LogP contribution in [0.5, 0.6) is 11.5 Å². The highest BCUT2D eigenvalue weighted by molar-refractivity contribution is 5.31. The Balaban J connectivity index is 1.93. The lowest BCUT2D eigenvalue weighted by molar-refractivity contribution is 0.270. The normalized spacial score (nSPS) is 9.93. The number of benzene rings is 1. The van der Waals surface area contributed by atoms with E-state index in [1.54, 1.807) is 13.4 Å². The molecule has 0 spiro atoms. The molecule has 0 atom stereocenters. The SMILES string of the molecule is COc1ccc(OCc2ccco2)cc1. The molecule has 0 N–H and O–H groups in total. The summed E-state index contributed by atoms with van der Waals surface area (Å²) >= 11 is 0. The average molecular weight is 204 g/mol. The predicted octanol–water partition coefficient (Wildman–Crippen LogP) is 2.87. The topological polar surface area (TPSA) is 31.6 Å². The lowest BCUT2D eigenvalue weighted by atomic mass is 10.3. The number of hydrogen-bond donors (Lipinski definition) is 0. The van der Waals surface area contributed by atoms with E-state index in [4.69, 9.17) is 13.9 Å². The van der Waals surface area contributed by atoms with Crippen LogP contribution in [0.25, 0.3) is 0 Å². The maximum absolute atomic E-state index is 5.50. The summed E-state index contributed by atoms with van der Waals surface area (Å²) in [4.78, 5) is 0. The van der Waals surface area contributed by atoms with Gasteiger partial charge in [0, 0.05) is 0 Å². The van der Waals surface area contributed by atoms with Crippen molar-refractivity contribution in [1.29, 1.82) is 0 Å². The van der Waals surface area contributed by atoms with Crippen LogP contribution < -0.4 is 9.47 Å². The summed E-state index contributed by atoms with van der Waals surface area (Å²) in [5, 5.41) is 0. The van der Waals surface area contributed by atoms with E-state index in [2.05, 4.69) is 0 Å². The van der Waals surface area contributed by atoms with Gasteiger partial charge in [0.2, 0.25) is 0 Å². The quantitative estimate of drug-likeness (QED) is 0.767. The minimum absolute atomic E-state index is 0.444. The molecule has 0 saturated heterocycles. The molecule has 3 heteroatoms. The largest absolute Gasteiger partial charge is 0.497 e. The molecule has 1 aromatic heterocycles. The van der Waals surface area contributed by atoms with Gasteiger partial charge in [-0.15, -0.1) is 0 Å². The highest BCUT2D eigenvalue weighted by Gasteiger charge is 1.98. The van der Waals surface area contributed by atoms with Crippen LogP contribution in [0, 0.1) is 0 Å². The summed E-state index contributed by atoms with van der Waals surface area (Å²) in [5.41, 5.74) is 0. The first kappa shape index (κ1) is 9.65. The van der Waals surface area contributed by atoms with Gasteiger partial charge in [0.05, 0.1) is 13.4 Å². The fraction of sp³-hybridized carbons (Fsp3) is 0.167. The summed E-state index contributed by atoms with van der Waals surface area (Å²) in [5.74, 6) is 2.43. The van der Waals surface area contributed by atoms with Gasteiger partial charge >= 0.3 is 0 Å². The van der Waals surface area contributed by atoms with Crippen molar-refractivity contribution in [3.8, 4) is 11.5 Å². The zero-order chi connectivity index (χ0) is 10.5. The molecule has 0 unspecified atom stereocenters. The molecule has 0 fully saturated rings. The molecule has 2 rings (SSSR count). The van der Waals surface area contributed by atoms with Crippen molar-refractivity contribution in [2.24, 2.45) is 0 Å². The number of rotatable bonds is 4. The minimum atomic E-state index is 0.444. The molecule has 1 aromatic carbocycles. The molecular weight excluding hydrogens is 192 g/mol. The lowest BCUT2D eigenvalue weighted by Gasteiger charge is -2.04. The zero-order valence-electron chi connectivity index (χ0n) is 8.47. The van der Waals surface area contributed by atoms with Gasteiger partial charge in [-0.25, -0.2) is 0 Å². The second kappa shape index (κ2) is 4.55. The van der Waals surface area contributed by atoms with Crippen molar-refractivity contribution < 1.29 is 13.9 Å². The Bertz CT molecular complexity index is 389. The van der Waals surface area contributed by atoms with Crippen molar-refractivity contribution in [3.05, 3.63) is 48.4 Å². The van der Waals surface area contributed by atoms with Crippen LogP contribution in [-0.4, -0.2) is 7.11 Å². The summed E-state index contributed by atoms with van der Waals surface area (Å²) < 4.78 is 15.7. The van der Waals surface area contributed by atoms with Crippen molar-refractivity contribution in [3.63, 3.8) is 0 Å². The Morgan fingerprint density at radius 1 is 1.07 bits per heavy atom. The highest BCUT2D eigenvalue weighted by Crippen LogP contribution is 2.18. The molecule has 15 heavy (non-hydrogen) atoms. The first-order valence-electron chi connectivity index (χ1n) is 4.68. The first-order valence-corrected chi connectivity index (χ1v) is 4.68. The second-order valence-corrected chi connectivity index (χ2v) is 3.04. The Kier molecular flexibility index (Phi) is 2.93. The molecule has 2 aromatic rings. The summed E-state index contributed by atoms with van der Waals surface area (Å²) in [6.07, 6.45) is 1.63. The first-order chi connectivity index (χ1) is 7.38. The molecule has 0 saturated carbocycles. The molecule has 0 amide bonds.